The monoisotopic (exact) mass is 505 g/mol. The molecule has 0 amide bonds. The highest BCUT2D eigenvalue weighted by molar-refractivity contribution is 14.0. The number of aliphatic imine (C=N–C) groups is 1. The summed E-state index contributed by atoms with van der Waals surface area (Å²) < 4.78 is 32.4. The molecule has 0 aliphatic carbocycles. The molecule has 0 bridgehead atoms. The Bertz CT molecular complexity index is 534. The maximum absolute atomic E-state index is 11.8. The van der Waals surface area contributed by atoms with Gasteiger partial charge in [0.05, 0.1) is 38.0 Å². The average Bonchev–Trinajstić information content (AvgIpc) is 2.56. The molecule has 154 valence electrons. The van der Waals surface area contributed by atoms with Crippen LogP contribution in [0.5, 0.6) is 0 Å². The van der Waals surface area contributed by atoms with E-state index < -0.39 is 9.84 Å². The minimum absolute atomic E-state index is 0. The molecule has 1 N–H and O–H groups in total. The van der Waals surface area contributed by atoms with Crippen LogP contribution in [0.2, 0.25) is 0 Å². The summed E-state index contributed by atoms with van der Waals surface area (Å²) in [6.45, 7) is 7.54. The van der Waals surface area contributed by atoms with Crippen LogP contribution in [0, 0.1) is 5.92 Å². The van der Waals surface area contributed by atoms with Crippen molar-refractivity contribution in [3.63, 3.8) is 0 Å². The van der Waals surface area contributed by atoms with Crippen molar-refractivity contribution in [2.45, 2.75) is 26.7 Å². The van der Waals surface area contributed by atoms with E-state index in [0.717, 1.165) is 38.4 Å². The third-order valence-corrected chi connectivity index (χ3v) is 4.75. The van der Waals surface area contributed by atoms with E-state index in [1.165, 1.54) is 6.26 Å². The number of ether oxygens (including phenoxy) is 2. The summed E-state index contributed by atoms with van der Waals surface area (Å²) in [7, 11) is -2.99. The highest BCUT2D eigenvalue weighted by atomic mass is 127. The Labute approximate surface area is 174 Å². The number of guanidine groups is 1. The van der Waals surface area contributed by atoms with Gasteiger partial charge in [0.15, 0.2) is 5.96 Å². The molecule has 0 aromatic rings. The standard InChI is InChI=1S/C16H31N3O5S.HI/c1-4-17-16(18-8-11-23-12-13-25(3,21)22)19-9-6-14(7-10-19)15(20)24-5-2;/h14H,4-13H2,1-3H3,(H,17,18);1H. The number of piperidine rings is 1. The van der Waals surface area contributed by atoms with Crippen LogP contribution in [-0.2, 0) is 24.1 Å². The van der Waals surface area contributed by atoms with E-state index >= 15 is 0 Å². The Balaban J connectivity index is 0.00000625. The van der Waals surface area contributed by atoms with Crippen molar-refractivity contribution in [3.8, 4) is 0 Å². The third kappa shape index (κ3) is 10.5. The molecule has 10 heteroatoms. The van der Waals surface area contributed by atoms with Gasteiger partial charge in [-0.25, -0.2) is 8.42 Å². The summed E-state index contributed by atoms with van der Waals surface area (Å²) in [5, 5.41) is 3.25. The van der Waals surface area contributed by atoms with Gasteiger partial charge in [-0.3, -0.25) is 9.79 Å². The minimum Gasteiger partial charge on any atom is -0.466 e. The molecule has 1 aliphatic rings. The van der Waals surface area contributed by atoms with Crippen LogP contribution in [0.1, 0.15) is 26.7 Å². The third-order valence-electron chi connectivity index (χ3n) is 3.84. The molecule has 1 heterocycles. The Kier molecular flexibility index (Phi) is 13.2. The second-order valence-electron chi connectivity index (χ2n) is 5.99. The van der Waals surface area contributed by atoms with Crippen molar-refractivity contribution < 1.29 is 22.7 Å². The number of nitrogens with zero attached hydrogens (tertiary/aromatic N) is 2. The lowest BCUT2D eigenvalue weighted by molar-refractivity contribution is -0.149. The van der Waals surface area contributed by atoms with Crippen LogP contribution < -0.4 is 5.32 Å². The Morgan fingerprint density at radius 3 is 2.42 bits per heavy atom. The number of sulfone groups is 1. The number of carbonyl (C=O) groups excluding carboxylic acids is 1. The summed E-state index contributed by atoms with van der Waals surface area (Å²) in [6.07, 6.45) is 2.71. The van der Waals surface area contributed by atoms with E-state index in [1.54, 1.807) is 0 Å². The van der Waals surface area contributed by atoms with Crippen molar-refractivity contribution in [1.29, 1.82) is 0 Å². The molecule has 1 saturated heterocycles. The van der Waals surface area contributed by atoms with Crippen molar-refractivity contribution in [2.75, 3.05) is 58.0 Å². The molecular weight excluding hydrogens is 473 g/mol. The highest BCUT2D eigenvalue weighted by Gasteiger charge is 2.27. The van der Waals surface area contributed by atoms with E-state index in [4.69, 9.17) is 9.47 Å². The second kappa shape index (κ2) is 13.5. The number of esters is 1. The van der Waals surface area contributed by atoms with E-state index in [-0.39, 0.29) is 48.2 Å². The van der Waals surface area contributed by atoms with Crippen LogP contribution in [0.15, 0.2) is 4.99 Å². The maximum atomic E-state index is 11.8. The number of likely N-dealkylation sites (tertiary alicyclic amines) is 1. The lowest BCUT2D eigenvalue weighted by atomic mass is 9.97. The van der Waals surface area contributed by atoms with Crippen LogP contribution in [0.4, 0.5) is 0 Å². The Morgan fingerprint density at radius 1 is 1.23 bits per heavy atom. The van der Waals surface area contributed by atoms with E-state index in [2.05, 4.69) is 15.2 Å². The average molecular weight is 505 g/mol. The van der Waals surface area contributed by atoms with E-state index in [0.29, 0.717) is 19.8 Å². The number of halogens is 1. The summed E-state index contributed by atoms with van der Waals surface area (Å²) >= 11 is 0. The minimum atomic E-state index is -2.99. The molecular formula is C16H32IN3O5S. The molecule has 26 heavy (non-hydrogen) atoms. The molecule has 0 atom stereocenters. The predicted octanol–water partition coefficient (Wildman–Crippen LogP) is 0.906. The summed E-state index contributed by atoms with van der Waals surface area (Å²) in [5.41, 5.74) is 0. The maximum Gasteiger partial charge on any atom is 0.309 e. The SMILES string of the molecule is CCNC(=NCCOCCS(C)(=O)=O)N1CCC(C(=O)OCC)CC1.I. The largest absolute Gasteiger partial charge is 0.466 e. The number of nitrogens with one attached hydrogen (secondary N) is 1. The van der Waals surface area contributed by atoms with Gasteiger partial charge in [-0.05, 0) is 26.7 Å². The van der Waals surface area contributed by atoms with Crippen LogP contribution >= 0.6 is 24.0 Å². The van der Waals surface area contributed by atoms with Crippen LogP contribution in [-0.4, -0.2) is 83.3 Å². The summed E-state index contributed by atoms with van der Waals surface area (Å²) in [4.78, 5) is 18.5. The fraction of sp³-hybridized carbons (Fsp3) is 0.875. The van der Waals surface area contributed by atoms with E-state index in [1.807, 2.05) is 13.8 Å². The summed E-state index contributed by atoms with van der Waals surface area (Å²) in [6, 6.07) is 0. The van der Waals surface area contributed by atoms with Gasteiger partial charge in [0, 0.05) is 25.9 Å². The van der Waals surface area contributed by atoms with Gasteiger partial charge in [-0.2, -0.15) is 0 Å². The highest BCUT2D eigenvalue weighted by Crippen LogP contribution is 2.18. The number of hydrogen-bond acceptors (Lipinski definition) is 6. The number of hydrogen-bond donors (Lipinski definition) is 1. The van der Waals surface area contributed by atoms with Gasteiger partial charge in [0.1, 0.15) is 9.84 Å². The summed E-state index contributed by atoms with van der Waals surface area (Å²) in [5.74, 6) is 0.691. The molecule has 0 aromatic carbocycles. The smallest absolute Gasteiger partial charge is 0.309 e. The fourth-order valence-electron chi connectivity index (χ4n) is 2.54. The number of carbonyl (C=O) groups is 1. The predicted molar refractivity (Wildman–Crippen MR) is 113 cm³/mol. The molecule has 1 aliphatic heterocycles. The molecule has 8 nitrogen and oxygen atoms in total. The van der Waals surface area contributed by atoms with Gasteiger partial charge in [-0.1, -0.05) is 0 Å². The molecule has 0 radical (unpaired) electrons. The second-order valence-corrected chi connectivity index (χ2v) is 8.25. The first-order valence-electron chi connectivity index (χ1n) is 8.82. The first kappa shape index (κ1) is 25.4. The van der Waals surface area contributed by atoms with Gasteiger partial charge in [0.2, 0.25) is 0 Å². The van der Waals surface area contributed by atoms with E-state index in [9.17, 15) is 13.2 Å². The number of rotatable bonds is 9. The lowest BCUT2D eigenvalue weighted by Gasteiger charge is -2.33. The van der Waals surface area contributed by atoms with Crippen molar-refractivity contribution in [3.05, 3.63) is 0 Å². The molecule has 1 rings (SSSR count). The molecule has 0 aromatic heterocycles. The molecule has 0 saturated carbocycles. The van der Waals surface area contributed by atoms with Gasteiger partial charge >= 0.3 is 5.97 Å². The zero-order chi connectivity index (χ0) is 18.7. The first-order valence-corrected chi connectivity index (χ1v) is 10.9. The topological polar surface area (TPSA) is 97.3 Å². The van der Waals surface area contributed by atoms with Gasteiger partial charge in [-0.15, -0.1) is 24.0 Å². The quantitative estimate of drug-likeness (QED) is 0.164. The normalized spacial score (nSPS) is 16.1. The van der Waals surface area contributed by atoms with Crippen LogP contribution in [0.3, 0.4) is 0 Å². The first-order chi connectivity index (χ1) is 11.9. The van der Waals surface area contributed by atoms with Gasteiger partial charge < -0.3 is 19.7 Å². The zero-order valence-corrected chi connectivity index (χ0v) is 19.0. The Morgan fingerprint density at radius 2 is 1.88 bits per heavy atom. The van der Waals surface area contributed by atoms with Crippen molar-refractivity contribution >= 4 is 45.7 Å². The molecule has 0 unspecified atom stereocenters. The molecule has 0 spiro atoms. The van der Waals surface area contributed by atoms with Crippen molar-refractivity contribution in [1.82, 2.24) is 10.2 Å². The zero-order valence-electron chi connectivity index (χ0n) is 15.9. The Hall–Kier alpha value is -0.620. The fourth-order valence-corrected chi connectivity index (χ4v) is 2.96. The molecule has 1 fully saturated rings. The lowest BCUT2D eigenvalue weighted by Crippen LogP contribution is -2.46. The van der Waals surface area contributed by atoms with Crippen molar-refractivity contribution in [2.24, 2.45) is 10.9 Å². The van der Waals surface area contributed by atoms with Crippen LogP contribution in [0.25, 0.3) is 0 Å². The van der Waals surface area contributed by atoms with Gasteiger partial charge in [0.25, 0.3) is 0 Å².